The maximum atomic E-state index is 4.90. The largest absolute Gasteiger partial charge is 0.285 e. The Labute approximate surface area is 174 Å². The van der Waals surface area contributed by atoms with Crippen LogP contribution >= 0.6 is 28.3 Å². The Balaban J connectivity index is 0.00000210. The zero-order chi connectivity index (χ0) is 17.8. The predicted molar refractivity (Wildman–Crippen MR) is 120 cm³/mol. The summed E-state index contributed by atoms with van der Waals surface area (Å²) in [5.74, 6) is 0. The van der Waals surface area contributed by atoms with Gasteiger partial charge in [-0.2, -0.15) is 0 Å². The monoisotopic (exact) mass is 436 g/mol. The molecule has 0 aliphatic rings. The van der Waals surface area contributed by atoms with Crippen LogP contribution in [0, 0.1) is 6.92 Å². The average Bonchev–Trinajstić information content (AvgIpc) is 3.12. The van der Waals surface area contributed by atoms with Crippen molar-refractivity contribution in [2.45, 2.75) is 13.5 Å². The molecule has 3 aromatic carbocycles. The molecule has 0 atom stereocenters. The lowest BCUT2D eigenvalue weighted by Gasteiger charge is -2.09. The Morgan fingerprint density at radius 1 is 0.815 bits per heavy atom. The summed E-state index contributed by atoms with van der Waals surface area (Å²) in [5.41, 5.74) is 6.00. The molecule has 0 fully saturated rings. The molecule has 0 unspecified atom stereocenters. The molecule has 0 spiro atoms. The first kappa shape index (κ1) is 19.3. The second-order valence-corrected chi connectivity index (χ2v) is 7.08. The number of rotatable bonds is 4. The summed E-state index contributed by atoms with van der Waals surface area (Å²) in [6.45, 7) is 2.80. The number of halogens is 1. The average molecular weight is 437 g/mol. The maximum absolute atomic E-state index is 4.90. The summed E-state index contributed by atoms with van der Waals surface area (Å²) in [5, 5.41) is 2.20. The van der Waals surface area contributed by atoms with Gasteiger partial charge in [0.2, 0.25) is 0 Å². The van der Waals surface area contributed by atoms with Gasteiger partial charge in [-0.25, -0.2) is 0 Å². The van der Waals surface area contributed by atoms with Crippen LogP contribution in [-0.2, 0) is 6.54 Å². The number of aromatic nitrogens is 1. The summed E-state index contributed by atoms with van der Waals surface area (Å²) in [6, 6.07) is 29.5. The third kappa shape index (κ3) is 4.46. The van der Waals surface area contributed by atoms with Crippen LogP contribution < -0.4 is 4.80 Å². The number of hydrogen-bond acceptors (Lipinski definition) is 2. The van der Waals surface area contributed by atoms with E-state index in [-0.39, 0.29) is 17.0 Å². The van der Waals surface area contributed by atoms with Gasteiger partial charge in [-0.3, -0.25) is 9.56 Å². The molecule has 2 nitrogen and oxygen atoms in total. The number of nitrogens with zero attached hydrogens (tertiary/aromatic N) is 2. The third-order valence-corrected chi connectivity index (χ3v) is 5.17. The zero-order valence-corrected chi connectivity index (χ0v) is 17.6. The Hall–Kier alpha value is -2.43. The molecular formula is C23H21BrN2S. The Morgan fingerprint density at radius 3 is 2.11 bits per heavy atom. The van der Waals surface area contributed by atoms with Crippen LogP contribution in [0.15, 0.2) is 95.3 Å². The van der Waals surface area contributed by atoms with E-state index in [9.17, 15) is 0 Å². The Kier molecular flexibility index (Phi) is 6.43. The first-order valence-corrected chi connectivity index (χ1v) is 9.57. The van der Waals surface area contributed by atoms with Crippen molar-refractivity contribution in [1.29, 1.82) is 0 Å². The van der Waals surface area contributed by atoms with Crippen LogP contribution in [0.1, 0.15) is 11.1 Å². The van der Waals surface area contributed by atoms with Crippen LogP contribution in [-0.4, -0.2) is 4.57 Å². The molecule has 136 valence electrons. The van der Waals surface area contributed by atoms with Gasteiger partial charge in [-0.15, -0.1) is 28.3 Å². The van der Waals surface area contributed by atoms with E-state index < -0.39 is 0 Å². The number of benzene rings is 3. The van der Waals surface area contributed by atoms with Gasteiger partial charge in [0.15, 0.2) is 4.80 Å². The number of para-hydroxylation sites is 1. The molecule has 0 radical (unpaired) electrons. The zero-order valence-electron chi connectivity index (χ0n) is 15.1. The summed E-state index contributed by atoms with van der Waals surface area (Å²) < 4.78 is 2.25. The van der Waals surface area contributed by atoms with E-state index in [1.807, 2.05) is 12.1 Å². The van der Waals surface area contributed by atoms with Crippen LogP contribution in [0.2, 0.25) is 0 Å². The molecule has 0 amide bonds. The van der Waals surface area contributed by atoms with Crippen LogP contribution in [0.4, 0.5) is 0 Å². The Bertz CT molecular complexity index is 1050. The van der Waals surface area contributed by atoms with Crippen molar-refractivity contribution < 1.29 is 0 Å². The van der Waals surface area contributed by atoms with Crippen LogP contribution in [0.3, 0.4) is 0 Å². The lowest BCUT2D eigenvalue weighted by atomic mass is 10.1. The molecule has 4 heteroatoms. The van der Waals surface area contributed by atoms with Crippen molar-refractivity contribution in [1.82, 2.24) is 4.57 Å². The van der Waals surface area contributed by atoms with E-state index in [0.29, 0.717) is 6.54 Å². The highest BCUT2D eigenvalue weighted by Crippen LogP contribution is 2.23. The number of hydrogen-bond donors (Lipinski definition) is 0. The smallest absolute Gasteiger partial charge is 0.190 e. The van der Waals surface area contributed by atoms with Crippen molar-refractivity contribution in [3.05, 3.63) is 106 Å². The van der Waals surface area contributed by atoms with E-state index in [4.69, 9.17) is 4.99 Å². The molecular weight excluding hydrogens is 416 g/mol. The molecule has 0 saturated heterocycles. The SMILES string of the molecule is Br.Cc1ccc(-c2csc(=NCc3ccccc3)n2-c2ccccc2)cc1. The first-order valence-electron chi connectivity index (χ1n) is 8.69. The quantitative estimate of drug-likeness (QED) is 0.362. The molecule has 0 aliphatic heterocycles. The summed E-state index contributed by atoms with van der Waals surface area (Å²) in [7, 11) is 0. The first-order chi connectivity index (χ1) is 12.8. The van der Waals surface area contributed by atoms with Crippen molar-refractivity contribution in [2.24, 2.45) is 4.99 Å². The van der Waals surface area contributed by atoms with E-state index in [1.54, 1.807) is 11.3 Å². The number of aryl methyl sites for hydroxylation is 1. The second kappa shape index (κ2) is 8.98. The standard InChI is InChI=1S/C23H20N2S.BrH/c1-18-12-14-20(15-13-18)22-17-26-23(24-16-19-8-4-2-5-9-19)25(22)21-10-6-3-7-11-21;/h2-15,17H,16H2,1H3;1H. The highest BCUT2D eigenvalue weighted by Gasteiger charge is 2.09. The fourth-order valence-corrected chi connectivity index (χ4v) is 3.82. The van der Waals surface area contributed by atoms with Crippen molar-refractivity contribution in [3.63, 3.8) is 0 Å². The second-order valence-electron chi connectivity index (χ2n) is 6.24. The van der Waals surface area contributed by atoms with Gasteiger partial charge in [-0.05, 0) is 30.2 Å². The van der Waals surface area contributed by atoms with Crippen molar-refractivity contribution in [3.8, 4) is 16.9 Å². The van der Waals surface area contributed by atoms with E-state index in [0.717, 1.165) is 10.5 Å². The van der Waals surface area contributed by atoms with E-state index in [1.165, 1.54) is 22.4 Å². The number of thiazole rings is 1. The minimum atomic E-state index is 0. The predicted octanol–water partition coefficient (Wildman–Crippen LogP) is 6.19. The van der Waals surface area contributed by atoms with Crippen molar-refractivity contribution in [2.75, 3.05) is 0 Å². The topological polar surface area (TPSA) is 17.3 Å². The lowest BCUT2D eigenvalue weighted by Crippen LogP contribution is -2.14. The van der Waals surface area contributed by atoms with Gasteiger partial charge in [0.25, 0.3) is 0 Å². The molecule has 27 heavy (non-hydrogen) atoms. The van der Waals surface area contributed by atoms with Crippen molar-refractivity contribution >= 4 is 28.3 Å². The minimum Gasteiger partial charge on any atom is -0.285 e. The lowest BCUT2D eigenvalue weighted by molar-refractivity contribution is 0.928. The molecule has 1 aromatic heterocycles. The van der Waals surface area contributed by atoms with Gasteiger partial charge in [0, 0.05) is 11.1 Å². The van der Waals surface area contributed by atoms with Crippen LogP contribution in [0.5, 0.6) is 0 Å². The molecule has 0 aliphatic carbocycles. The fourth-order valence-electron chi connectivity index (χ4n) is 2.92. The summed E-state index contributed by atoms with van der Waals surface area (Å²) in [4.78, 5) is 5.91. The molecule has 4 rings (SSSR count). The third-order valence-electron chi connectivity index (χ3n) is 4.31. The molecule has 4 aromatic rings. The molecule has 0 bridgehead atoms. The van der Waals surface area contributed by atoms with Gasteiger partial charge in [-0.1, -0.05) is 78.4 Å². The molecule has 1 heterocycles. The normalized spacial score (nSPS) is 11.2. The summed E-state index contributed by atoms with van der Waals surface area (Å²) >= 11 is 1.69. The van der Waals surface area contributed by atoms with Gasteiger partial charge in [0.1, 0.15) is 0 Å². The van der Waals surface area contributed by atoms with Gasteiger partial charge in [0.05, 0.1) is 12.2 Å². The maximum Gasteiger partial charge on any atom is 0.190 e. The van der Waals surface area contributed by atoms with E-state index >= 15 is 0 Å². The molecule has 0 saturated carbocycles. The van der Waals surface area contributed by atoms with E-state index in [2.05, 4.69) is 89.7 Å². The van der Waals surface area contributed by atoms with Gasteiger partial charge >= 0.3 is 0 Å². The highest BCUT2D eigenvalue weighted by atomic mass is 79.9. The Morgan fingerprint density at radius 2 is 1.44 bits per heavy atom. The van der Waals surface area contributed by atoms with Gasteiger partial charge < -0.3 is 0 Å². The molecule has 0 N–H and O–H groups in total. The van der Waals surface area contributed by atoms with Crippen LogP contribution in [0.25, 0.3) is 16.9 Å². The minimum absolute atomic E-state index is 0. The fraction of sp³-hybridized carbons (Fsp3) is 0.0870. The summed E-state index contributed by atoms with van der Waals surface area (Å²) in [6.07, 6.45) is 0. The highest BCUT2D eigenvalue weighted by molar-refractivity contribution is 8.93.